The number of aryl methyl sites for hydroxylation is 3. The van der Waals surface area contributed by atoms with Crippen molar-refractivity contribution >= 4 is 5.69 Å². The van der Waals surface area contributed by atoms with Gasteiger partial charge in [0, 0.05) is 36.4 Å². The van der Waals surface area contributed by atoms with Gasteiger partial charge in [-0.25, -0.2) is 0 Å². The van der Waals surface area contributed by atoms with Crippen LogP contribution in [0, 0.1) is 17.0 Å². The van der Waals surface area contributed by atoms with Crippen LogP contribution < -0.4 is 0 Å². The molecule has 3 rings (SSSR count). The van der Waals surface area contributed by atoms with Crippen molar-refractivity contribution in [1.29, 1.82) is 0 Å². The molecule has 2 heterocycles. The van der Waals surface area contributed by atoms with Crippen LogP contribution in [-0.2, 0) is 19.1 Å². The third kappa shape index (κ3) is 3.71. The van der Waals surface area contributed by atoms with Crippen LogP contribution in [0.4, 0.5) is 18.9 Å². The summed E-state index contributed by atoms with van der Waals surface area (Å²) in [6, 6.07) is 6.57. The quantitative estimate of drug-likeness (QED) is 0.506. The van der Waals surface area contributed by atoms with Crippen LogP contribution in [0.3, 0.4) is 0 Å². The fraction of sp³-hybridized carbons (Fsp3) is 0.267. The molecule has 0 aliphatic carbocycles. The van der Waals surface area contributed by atoms with E-state index < -0.39 is 16.8 Å². The number of rotatable bonds is 5. The van der Waals surface area contributed by atoms with E-state index in [0.717, 1.165) is 6.07 Å². The van der Waals surface area contributed by atoms with Gasteiger partial charge >= 0.3 is 6.18 Å². The SMILES string of the molecule is Cc1cc(C(F)(F)F)nn1CCc1nc(-c2ccc([N+](=O)[O-])cc2)no1. The first-order valence-corrected chi connectivity index (χ1v) is 7.43. The fourth-order valence-corrected chi connectivity index (χ4v) is 2.28. The lowest BCUT2D eigenvalue weighted by Crippen LogP contribution is -2.09. The summed E-state index contributed by atoms with van der Waals surface area (Å²) in [4.78, 5) is 14.3. The molecule has 136 valence electrons. The Hall–Kier alpha value is -3.24. The van der Waals surface area contributed by atoms with Gasteiger partial charge in [-0.1, -0.05) is 5.16 Å². The summed E-state index contributed by atoms with van der Waals surface area (Å²) in [5, 5.41) is 17.9. The molecule has 0 bridgehead atoms. The van der Waals surface area contributed by atoms with Gasteiger partial charge in [0.25, 0.3) is 5.69 Å². The smallest absolute Gasteiger partial charge is 0.339 e. The molecular formula is C15H12F3N5O3. The fourth-order valence-electron chi connectivity index (χ4n) is 2.28. The molecule has 0 unspecified atom stereocenters. The van der Waals surface area contributed by atoms with E-state index in [1.54, 1.807) is 0 Å². The minimum Gasteiger partial charge on any atom is -0.339 e. The molecule has 0 spiro atoms. The van der Waals surface area contributed by atoms with Gasteiger partial charge in [-0.05, 0) is 25.1 Å². The Balaban J connectivity index is 1.69. The lowest BCUT2D eigenvalue weighted by Gasteiger charge is -2.02. The van der Waals surface area contributed by atoms with Gasteiger partial charge in [0.2, 0.25) is 11.7 Å². The van der Waals surface area contributed by atoms with Crippen molar-refractivity contribution in [2.75, 3.05) is 0 Å². The summed E-state index contributed by atoms with van der Waals surface area (Å²) >= 11 is 0. The maximum Gasteiger partial charge on any atom is 0.435 e. The van der Waals surface area contributed by atoms with E-state index in [9.17, 15) is 23.3 Å². The molecule has 0 saturated heterocycles. The number of aromatic nitrogens is 4. The van der Waals surface area contributed by atoms with E-state index in [4.69, 9.17) is 4.52 Å². The Morgan fingerprint density at radius 2 is 1.96 bits per heavy atom. The molecule has 0 fully saturated rings. The zero-order valence-electron chi connectivity index (χ0n) is 13.4. The molecule has 0 amide bonds. The van der Waals surface area contributed by atoms with Crippen molar-refractivity contribution in [3.63, 3.8) is 0 Å². The predicted molar refractivity (Wildman–Crippen MR) is 82.1 cm³/mol. The number of nitrogens with zero attached hydrogens (tertiary/aromatic N) is 5. The molecule has 0 saturated carbocycles. The molecule has 11 heteroatoms. The van der Waals surface area contributed by atoms with Crippen LogP contribution in [0.5, 0.6) is 0 Å². The van der Waals surface area contributed by atoms with E-state index in [1.807, 2.05) is 0 Å². The van der Waals surface area contributed by atoms with Crippen LogP contribution >= 0.6 is 0 Å². The van der Waals surface area contributed by atoms with Gasteiger partial charge < -0.3 is 4.52 Å². The van der Waals surface area contributed by atoms with Gasteiger partial charge in [0.05, 0.1) is 4.92 Å². The van der Waals surface area contributed by atoms with Crippen LogP contribution in [0.15, 0.2) is 34.9 Å². The van der Waals surface area contributed by atoms with Crippen LogP contribution in [0.1, 0.15) is 17.3 Å². The topological polar surface area (TPSA) is 99.9 Å². The number of benzene rings is 1. The van der Waals surface area contributed by atoms with Gasteiger partial charge in [-0.3, -0.25) is 14.8 Å². The second kappa shape index (κ2) is 6.58. The maximum atomic E-state index is 12.7. The number of halogens is 3. The first kappa shape index (κ1) is 17.6. The summed E-state index contributed by atoms with van der Waals surface area (Å²) in [6.45, 7) is 1.67. The van der Waals surface area contributed by atoms with Crippen LogP contribution in [0.2, 0.25) is 0 Å². The Morgan fingerprint density at radius 3 is 2.54 bits per heavy atom. The van der Waals surface area contributed by atoms with E-state index in [-0.39, 0.29) is 30.4 Å². The number of hydrogen-bond donors (Lipinski definition) is 0. The molecule has 0 aliphatic rings. The minimum atomic E-state index is -4.50. The summed E-state index contributed by atoms with van der Waals surface area (Å²) in [5.41, 5.74) is -0.119. The Morgan fingerprint density at radius 1 is 1.27 bits per heavy atom. The third-order valence-corrected chi connectivity index (χ3v) is 3.61. The largest absolute Gasteiger partial charge is 0.435 e. The first-order valence-electron chi connectivity index (χ1n) is 7.43. The summed E-state index contributed by atoms with van der Waals surface area (Å²) in [7, 11) is 0. The lowest BCUT2D eigenvalue weighted by atomic mass is 10.2. The molecule has 0 atom stereocenters. The Labute approximate surface area is 144 Å². The molecule has 2 aromatic heterocycles. The standard InChI is InChI=1S/C15H12F3N5O3/c1-9-8-12(15(16,17)18)20-22(9)7-6-13-19-14(21-26-13)10-2-4-11(5-3-10)23(24)25/h2-5,8H,6-7H2,1H3. The highest BCUT2D eigenvalue weighted by molar-refractivity contribution is 5.56. The average Bonchev–Trinajstić information content (AvgIpc) is 3.19. The highest BCUT2D eigenvalue weighted by atomic mass is 19.4. The molecule has 0 radical (unpaired) electrons. The number of nitro benzene ring substituents is 1. The molecule has 1 aromatic carbocycles. The zero-order valence-corrected chi connectivity index (χ0v) is 13.4. The van der Waals surface area contributed by atoms with Gasteiger partial charge in [-0.15, -0.1) is 0 Å². The Kier molecular flexibility index (Phi) is 4.45. The highest BCUT2D eigenvalue weighted by Gasteiger charge is 2.34. The molecule has 26 heavy (non-hydrogen) atoms. The highest BCUT2D eigenvalue weighted by Crippen LogP contribution is 2.28. The van der Waals surface area contributed by atoms with E-state index in [2.05, 4.69) is 15.2 Å². The van der Waals surface area contributed by atoms with Crippen LogP contribution in [0.25, 0.3) is 11.4 Å². The molecule has 3 aromatic rings. The second-order valence-corrected chi connectivity index (χ2v) is 5.46. The Bertz CT molecular complexity index is 931. The van der Waals surface area contributed by atoms with Crippen molar-refractivity contribution in [2.45, 2.75) is 26.1 Å². The van der Waals surface area contributed by atoms with E-state index in [0.29, 0.717) is 11.3 Å². The summed E-state index contributed by atoms with van der Waals surface area (Å²) in [6.07, 6.45) is -4.30. The second-order valence-electron chi connectivity index (χ2n) is 5.46. The monoisotopic (exact) mass is 367 g/mol. The molecule has 8 nitrogen and oxygen atoms in total. The van der Waals surface area contributed by atoms with Crippen molar-refractivity contribution in [3.05, 3.63) is 57.7 Å². The third-order valence-electron chi connectivity index (χ3n) is 3.61. The normalized spacial score (nSPS) is 11.7. The van der Waals surface area contributed by atoms with E-state index >= 15 is 0 Å². The lowest BCUT2D eigenvalue weighted by molar-refractivity contribution is -0.384. The van der Waals surface area contributed by atoms with E-state index in [1.165, 1.54) is 35.9 Å². The van der Waals surface area contributed by atoms with Crippen molar-refractivity contribution in [2.24, 2.45) is 0 Å². The number of non-ortho nitro benzene ring substituents is 1. The van der Waals surface area contributed by atoms with Gasteiger partial charge in [0.1, 0.15) is 0 Å². The van der Waals surface area contributed by atoms with Crippen molar-refractivity contribution < 1.29 is 22.6 Å². The molecular weight excluding hydrogens is 355 g/mol. The van der Waals surface area contributed by atoms with Crippen LogP contribution in [-0.4, -0.2) is 24.8 Å². The molecule has 0 N–H and O–H groups in total. The predicted octanol–water partition coefficient (Wildman–Crippen LogP) is 3.41. The zero-order chi connectivity index (χ0) is 18.9. The van der Waals surface area contributed by atoms with Crippen molar-refractivity contribution in [3.8, 4) is 11.4 Å². The van der Waals surface area contributed by atoms with Gasteiger partial charge in [0.15, 0.2) is 5.69 Å². The molecule has 0 aliphatic heterocycles. The van der Waals surface area contributed by atoms with Crippen molar-refractivity contribution in [1.82, 2.24) is 19.9 Å². The minimum absolute atomic E-state index is 0.0629. The van der Waals surface area contributed by atoms with Gasteiger partial charge in [-0.2, -0.15) is 23.3 Å². The number of nitro groups is 1. The average molecular weight is 367 g/mol. The number of hydrogen-bond acceptors (Lipinski definition) is 6. The number of alkyl halides is 3. The maximum absolute atomic E-state index is 12.7. The first-order chi connectivity index (χ1) is 12.2. The summed E-state index contributed by atoms with van der Waals surface area (Å²) < 4.78 is 44.3. The summed E-state index contributed by atoms with van der Waals surface area (Å²) in [5.74, 6) is 0.463.